The molecule has 0 atom stereocenters. The molecular weight excluding hydrogens is 144 g/mol. The van der Waals surface area contributed by atoms with Gasteiger partial charge in [-0.1, -0.05) is 31.1 Å². The van der Waals surface area contributed by atoms with Gasteiger partial charge >= 0.3 is 0 Å². The minimum absolute atomic E-state index is 0.249. The van der Waals surface area contributed by atoms with Crippen LogP contribution in [0.2, 0.25) is 0 Å². The fourth-order valence-corrected chi connectivity index (χ4v) is 0.572. The van der Waals surface area contributed by atoms with Crippen molar-refractivity contribution in [2.45, 2.75) is 27.2 Å². The molecule has 2 N–H and O–H groups in total. The fraction of sp³-hybridized carbons (Fsp3) is 0.714. The summed E-state index contributed by atoms with van der Waals surface area (Å²) < 4.78 is 0. The second-order valence-electron chi connectivity index (χ2n) is 2.97. The Morgan fingerprint density at radius 3 is 2.27 bits per heavy atom. The van der Waals surface area contributed by atoms with Crippen molar-refractivity contribution in [3.63, 3.8) is 0 Å². The summed E-state index contributed by atoms with van der Waals surface area (Å²) >= 11 is 0. The van der Waals surface area contributed by atoms with Crippen LogP contribution >= 0.6 is 0 Å². The number of hydrogen-bond acceptors (Lipinski definition) is 4. The average molecular weight is 158 g/mol. The molecule has 0 radical (unpaired) electrons. The summed E-state index contributed by atoms with van der Waals surface area (Å²) in [5.74, 6) is 0. The first-order valence-corrected chi connectivity index (χ1v) is 3.48. The number of rotatable bonds is 3. The van der Waals surface area contributed by atoms with Crippen LogP contribution in [-0.2, 0) is 0 Å². The van der Waals surface area contributed by atoms with E-state index < -0.39 is 0 Å². The van der Waals surface area contributed by atoms with E-state index in [1.54, 1.807) is 0 Å². The van der Waals surface area contributed by atoms with Crippen molar-refractivity contribution >= 4 is 11.9 Å². The van der Waals surface area contributed by atoms with E-state index in [1.165, 1.54) is 0 Å². The van der Waals surface area contributed by atoms with Crippen LogP contribution in [0.15, 0.2) is 10.3 Å². The zero-order chi connectivity index (χ0) is 8.91. The van der Waals surface area contributed by atoms with Crippen molar-refractivity contribution < 1.29 is 10.4 Å². The van der Waals surface area contributed by atoms with Crippen molar-refractivity contribution in [2.75, 3.05) is 0 Å². The molecule has 64 valence electrons. The third kappa shape index (κ3) is 2.57. The molecule has 4 nitrogen and oxygen atoms in total. The molecule has 0 amide bonds. The van der Waals surface area contributed by atoms with E-state index >= 15 is 0 Å². The molecule has 4 heteroatoms. The highest BCUT2D eigenvalue weighted by molar-refractivity contribution is 6.32. The summed E-state index contributed by atoms with van der Waals surface area (Å²) in [6.07, 6.45) is 1.96. The van der Waals surface area contributed by atoms with Crippen LogP contribution in [0.3, 0.4) is 0 Å². The van der Waals surface area contributed by atoms with Gasteiger partial charge in [-0.2, -0.15) is 0 Å². The lowest BCUT2D eigenvalue weighted by atomic mass is 9.85. The topological polar surface area (TPSA) is 65.2 Å². The lowest BCUT2D eigenvalue weighted by Crippen LogP contribution is -2.24. The Morgan fingerprint density at radius 1 is 1.45 bits per heavy atom. The minimum atomic E-state index is -0.249. The zero-order valence-electron chi connectivity index (χ0n) is 7.07. The summed E-state index contributed by atoms with van der Waals surface area (Å²) in [5, 5.41) is 22.5. The SMILES string of the molecule is CCC(C)(C)C(/C=N/O)=N/O. The zero-order valence-corrected chi connectivity index (χ0v) is 7.07. The highest BCUT2D eigenvalue weighted by atomic mass is 16.4. The molecule has 0 aliphatic heterocycles. The number of oxime groups is 2. The normalized spacial score (nSPS) is 14.3. The maximum Gasteiger partial charge on any atom is 0.107 e. The van der Waals surface area contributed by atoms with Crippen molar-refractivity contribution in [3.8, 4) is 0 Å². The number of hydrogen-bond donors (Lipinski definition) is 2. The summed E-state index contributed by atoms with van der Waals surface area (Å²) in [5.41, 5.74) is 0.128. The second kappa shape index (κ2) is 3.95. The van der Waals surface area contributed by atoms with Gasteiger partial charge in [0.15, 0.2) is 0 Å². The van der Waals surface area contributed by atoms with Crippen LogP contribution in [-0.4, -0.2) is 22.3 Å². The molecule has 0 rings (SSSR count). The smallest absolute Gasteiger partial charge is 0.107 e. The van der Waals surface area contributed by atoms with E-state index in [2.05, 4.69) is 10.3 Å². The van der Waals surface area contributed by atoms with Crippen LogP contribution in [0.5, 0.6) is 0 Å². The Labute approximate surface area is 66.2 Å². The molecule has 0 saturated heterocycles. The Bertz CT molecular complexity index is 173. The molecule has 0 bridgehead atoms. The van der Waals surface area contributed by atoms with E-state index in [0.29, 0.717) is 5.71 Å². The van der Waals surface area contributed by atoms with Gasteiger partial charge in [0.05, 0.1) is 6.21 Å². The first-order valence-electron chi connectivity index (χ1n) is 3.48. The lowest BCUT2D eigenvalue weighted by molar-refractivity contribution is 0.307. The van der Waals surface area contributed by atoms with Gasteiger partial charge in [-0.15, -0.1) is 0 Å². The van der Waals surface area contributed by atoms with Crippen LogP contribution < -0.4 is 0 Å². The van der Waals surface area contributed by atoms with Gasteiger partial charge in [0.2, 0.25) is 0 Å². The van der Waals surface area contributed by atoms with Crippen LogP contribution in [0.4, 0.5) is 0 Å². The Hall–Kier alpha value is -1.06. The molecule has 11 heavy (non-hydrogen) atoms. The summed E-state index contributed by atoms with van der Waals surface area (Å²) in [6.45, 7) is 5.78. The first-order chi connectivity index (χ1) is 5.08. The number of nitrogens with zero attached hydrogens (tertiary/aromatic N) is 2. The molecule has 0 aromatic carbocycles. The van der Waals surface area contributed by atoms with Crippen LogP contribution in [0, 0.1) is 5.41 Å². The third-order valence-corrected chi connectivity index (χ3v) is 1.87. The van der Waals surface area contributed by atoms with E-state index in [9.17, 15) is 0 Å². The molecule has 0 heterocycles. The van der Waals surface area contributed by atoms with E-state index in [1.807, 2.05) is 20.8 Å². The minimum Gasteiger partial charge on any atom is -0.411 e. The highest BCUT2D eigenvalue weighted by Crippen LogP contribution is 2.20. The van der Waals surface area contributed by atoms with Crippen LogP contribution in [0.1, 0.15) is 27.2 Å². The predicted molar refractivity (Wildman–Crippen MR) is 43.6 cm³/mol. The molecule has 0 aliphatic rings. The maximum absolute atomic E-state index is 8.51. The summed E-state index contributed by atoms with van der Waals surface area (Å²) in [7, 11) is 0. The second-order valence-corrected chi connectivity index (χ2v) is 2.97. The van der Waals surface area contributed by atoms with Crippen molar-refractivity contribution in [2.24, 2.45) is 15.7 Å². The largest absolute Gasteiger partial charge is 0.411 e. The van der Waals surface area contributed by atoms with Gasteiger partial charge < -0.3 is 10.4 Å². The summed E-state index contributed by atoms with van der Waals surface area (Å²) in [4.78, 5) is 0. The van der Waals surface area contributed by atoms with E-state index in [-0.39, 0.29) is 5.41 Å². The van der Waals surface area contributed by atoms with Gasteiger partial charge in [0, 0.05) is 5.41 Å². The Kier molecular flexibility index (Phi) is 3.57. The third-order valence-electron chi connectivity index (χ3n) is 1.87. The van der Waals surface area contributed by atoms with Crippen LogP contribution in [0.25, 0.3) is 0 Å². The standard InChI is InChI=1S/C7H14N2O2/c1-4-7(2,3)6(9-11)5-8-10/h5,10-11H,4H2,1-3H3/b8-5+,9-6+. The molecule has 0 fully saturated rings. The predicted octanol–water partition coefficient (Wildman–Crippen LogP) is 1.71. The van der Waals surface area contributed by atoms with Gasteiger partial charge in [-0.05, 0) is 6.42 Å². The molecule has 0 unspecified atom stereocenters. The van der Waals surface area contributed by atoms with Gasteiger partial charge in [-0.3, -0.25) is 0 Å². The fourth-order valence-electron chi connectivity index (χ4n) is 0.572. The molecule has 0 aliphatic carbocycles. The molecule has 0 saturated carbocycles. The van der Waals surface area contributed by atoms with Crippen molar-refractivity contribution in [1.29, 1.82) is 0 Å². The molecule has 0 spiro atoms. The average Bonchev–Trinajstić information content (AvgIpc) is 2.00. The van der Waals surface area contributed by atoms with Gasteiger partial charge in [0.25, 0.3) is 0 Å². The molecule has 0 aromatic heterocycles. The van der Waals surface area contributed by atoms with Crippen molar-refractivity contribution in [3.05, 3.63) is 0 Å². The molecular formula is C7H14N2O2. The quantitative estimate of drug-likeness (QED) is 0.373. The maximum atomic E-state index is 8.51. The Balaban J connectivity index is 4.51. The Morgan fingerprint density at radius 2 is 2.00 bits per heavy atom. The highest BCUT2D eigenvalue weighted by Gasteiger charge is 2.22. The lowest BCUT2D eigenvalue weighted by Gasteiger charge is -2.20. The van der Waals surface area contributed by atoms with E-state index in [4.69, 9.17) is 10.4 Å². The summed E-state index contributed by atoms with van der Waals surface area (Å²) in [6, 6.07) is 0. The van der Waals surface area contributed by atoms with E-state index in [0.717, 1.165) is 12.6 Å². The molecule has 0 aromatic rings. The van der Waals surface area contributed by atoms with Gasteiger partial charge in [-0.25, -0.2) is 0 Å². The van der Waals surface area contributed by atoms with Crippen molar-refractivity contribution in [1.82, 2.24) is 0 Å². The monoisotopic (exact) mass is 158 g/mol. The van der Waals surface area contributed by atoms with Gasteiger partial charge in [0.1, 0.15) is 5.71 Å². The first kappa shape index (κ1) is 9.94.